The van der Waals surface area contributed by atoms with Crippen molar-refractivity contribution in [3.05, 3.63) is 35.2 Å². The number of nitrogens with zero attached hydrogens (tertiary/aromatic N) is 2. The lowest BCUT2D eigenvalue weighted by molar-refractivity contribution is -0.122. The third-order valence-electron chi connectivity index (χ3n) is 2.81. The van der Waals surface area contributed by atoms with Crippen molar-refractivity contribution in [3.63, 3.8) is 0 Å². The Morgan fingerprint density at radius 2 is 2.10 bits per heavy atom. The Hall–Kier alpha value is -1.59. The number of halogens is 1. The maximum absolute atomic E-state index is 11.7. The molecule has 5 nitrogen and oxygen atoms in total. The first-order valence-electron chi connectivity index (χ1n) is 6.98. The number of imidazole rings is 1. The largest absolute Gasteiger partial charge is 0.351 e. The summed E-state index contributed by atoms with van der Waals surface area (Å²) >= 11 is 5.93. The molecule has 2 N–H and O–H groups in total. The van der Waals surface area contributed by atoms with Gasteiger partial charge < -0.3 is 15.0 Å². The summed E-state index contributed by atoms with van der Waals surface area (Å²) in [6.07, 6.45) is 4.21. The van der Waals surface area contributed by atoms with Crippen LogP contribution in [0.15, 0.2) is 24.5 Å². The molecule has 114 valence electrons. The van der Waals surface area contributed by atoms with Crippen LogP contribution in [0.5, 0.6) is 0 Å². The molecule has 0 spiro atoms. The Labute approximate surface area is 129 Å². The minimum atomic E-state index is -0.183. The molecule has 0 atom stereocenters. The van der Waals surface area contributed by atoms with Gasteiger partial charge in [-0.2, -0.15) is 0 Å². The van der Waals surface area contributed by atoms with Crippen LogP contribution in [0.1, 0.15) is 32.9 Å². The number of carbonyl (C=O) groups is 1. The molecule has 0 aromatic carbocycles. The average Bonchev–Trinajstić information content (AvgIpc) is 2.74. The fraction of sp³-hybridized carbons (Fsp3) is 0.467. The molecule has 6 heteroatoms. The van der Waals surface area contributed by atoms with Gasteiger partial charge in [-0.3, -0.25) is 4.79 Å². The summed E-state index contributed by atoms with van der Waals surface area (Å²) in [7, 11) is 0. The number of nitrogens with one attached hydrogen (secondary N) is 2. The van der Waals surface area contributed by atoms with E-state index in [1.165, 1.54) is 0 Å². The van der Waals surface area contributed by atoms with Crippen LogP contribution in [0.2, 0.25) is 5.02 Å². The van der Waals surface area contributed by atoms with Crippen LogP contribution in [0, 0.1) is 0 Å². The van der Waals surface area contributed by atoms with E-state index >= 15 is 0 Å². The summed E-state index contributed by atoms with van der Waals surface area (Å²) in [6.45, 7) is 7.17. The van der Waals surface area contributed by atoms with Crippen molar-refractivity contribution < 1.29 is 4.79 Å². The number of pyridine rings is 1. The highest BCUT2D eigenvalue weighted by Gasteiger charge is 2.12. The molecule has 0 fully saturated rings. The Bertz CT molecular complexity index is 630. The van der Waals surface area contributed by atoms with Gasteiger partial charge in [0.05, 0.1) is 10.7 Å². The SMILES string of the molecule is CC(C)(C)NC(=O)CCNCc1cn2cc(Cl)ccc2n1. The smallest absolute Gasteiger partial charge is 0.221 e. The third-order valence-corrected chi connectivity index (χ3v) is 3.04. The lowest BCUT2D eigenvalue weighted by Gasteiger charge is -2.20. The summed E-state index contributed by atoms with van der Waals surface area (Å²) < 4.78 is 1.89. The number of hydrogen-bond acceptors (Lipinski definition) is 3. The van der Waals surface area contributed by atoms with Crippen molar-refractivity contribution in [2.75, 3.05) is 6.54 Å². The number of amides is 1. The minimum absolute atomic E-state index is 0.0526. The molecule has 2 aromatic rings. The van der Waals surface area contributed by atoms with Crippen molar-refractivity contribution in [1.82, 2.24) is 20.0 Å². The van der Waals surface area contributed by atoms with Crippen LogP contribution in [0.4, 0.5) is 0 Å². The van der Waals surface area contributed by atoms with E-state index in [-0.39, 0.29) is 11.4 Å². The lowest BCUT2D eigenvalue weighted by Crippen LogP contribution is -2.41. The predicted molar refractivity (Wildman–Crippen MR) is 84.4 cm³/mol. The Kier molecular flexibility index (Phi) is 4.85. The van der Waals surface area contributed by atoms with Crippen molar-refractivity contribution in [2.24, 2.45) is 0 Å². The number of carbonyl (C=O) groups excluding carboxylic acids is 1. The molecule has 2 rings (SSSR count). The zero-order valence-electron chi connectivity index (χ0n) is 12.6. The molecule has 0 aliphatic carbocycles. The van der Waals surface area contributed by atoms with Gasteiger partial charge in [0.15, 0.2) is 0 Å². The Balaban J connectivity index is 1.79. The molecule has 0 aliphatic heterocycles. The molecule has 1 amide bonds. The van der Waals surface area contributed by atoms with Gasteiger partial charge >= 0.3 is 0 Å². The average molecular weight is 309 g/mol. The molecule has 2 heterocycles. The van der Waals surface area contributed by atoms with Crippen molar-refractivity contribution in [2.45, 2.75) is 39.3 Å². The number of fused-ring (bicyclic) bond motifs is 1. The van der Waals surface area contributed by atoms with E-state index in [4.69, 9.17) is 11.6 Å². The van der Waals surface area contributed by atoms with Gasteiger partial charge in [0.1, 0.15) is 5.65 Å². The molecular weight excluding hydrogens is 288 g/mol. The van der Waals surface area contributed by atoms with Gasteiger partial charge in [-0.05, 0) is 32.9 Å². The normalized spacial score (nSPS) is 11.8. The molecule has 0 radical (unpaired) electrons. The minimum Gasteiger partial charge on any atom is -0.351 e. The molecule has 0 unspecified atom stereocenters. The predicted octanol–water partition coefficient (Wildman–Crippen LogP) is 2.38. The van der Waals surface area contributed by atoms with Crippen molar-refractivity contribution >= 4 is 23.2 Å². The van der Waals surface area contributed by atoms with E-state index in [2.05, 4.69) is 15.6 Å². The van der Waals surface area contributed by atoms with Crippen LogP contribution < -0.4 is 10.6 Å². The first-order chi connectivity index (χ1) is 9.83. The molecule has 2 aromatic heterocycles. The number of hydrogen-bond donors (Lipinski definition) is 2. The second-order valence-electron chi connectivity index (χ2n) is 6.07. The zero-order valence-corrected chi connectivity index (χ0v) is 13.4. The monoisotopic (exact) mass is 308 g/mol. The van der Waals surface area contributed by atoms with E-state index in [9.17, 15) is 4.79 Å². The highest BCUT2D eigenvalue weighted by molar-refractivity contribution is 6.30. The van der Waals surface area contributed by atoms with Gasteiger partial charge in [0.25, 0.3) is 0 Å². The van der Waals surface area contributed by atoms with Crippen LogP contribution >= 0.6 is 11.6 Å². The van der Waals surface area contributed by atoms with Crippen molar-refractivity contribution in [3.8, 4) is 0 Å². The first-order valence-corrected chi connectivity index (χ1v) is 7.36. The van der Waals surface area contributed by atoms with E-state index in [1.54, 1.807) is 0 Å². The van der Waals surface area contributed by atoms with Gasteiger partial charge in [0.2, 0.25) is 5.91 Å². The van der Waals surface area contributed by atoms with Crippen molar-refractivity contribution in [1.29, 1.82) is 0 Å². The Morgan fingerprint density at radius 3 is 2.81 bits per heavy atom. The van der Waals surface area contributed by atoms with Crippen LogP contribution in [-0.4, -0.2) is 27.4 Å². The first kappa shape index (κ1) is 15.8. The third kappa shape index (κ3) is 5.02. The molecule has 0 bridgehead atoms. The van der Waals surface area contributed by atoms with E-state index in [0.29, 0.717) is 24.5 Å². The zero-order chi connectivity index (χ0) is 15.5. The topological polar surface area (TPSA) is 58.4 Å². The van der Waals surface area contributed by atoms with E-state index in [1.807, 2.05) is 49.7 Å². The fourth-order valence-electron chi connectivity index (χ4n) is 2.00. The Morgan fingerprint density at radius 1 is 1.33 bits per heavy atom. The molecule has 0 aliphatic rings. The molecular formula is C15H21ClN4O. The van der Waals surface area contributed by atoms with Gasteiger partial charge in [-0.15, -0.1) is 0 Å². The highest BCUT2D eigenvalue weighted by Crippen LogP contribution is 2.11. The molecule has 0 saturated heterocycles. The van der Waals surface area contributed by atoms with Gasteiger partial charge in [0, 0.05) is 37.4 Å². The fourth-order valence-corrected chi connectivity index (χ4v) is 2.17. The molecule has 21 heavy (non-hydrogen) atoms. The summed E-state index contributed by atoms with van der Waals surface area (Å²) in [6, 6.07) is 3.69. The summed E-state index contributed by atoms with van der Waals surface area (Å²) in [5.41, 5.74) is 1.60. The lowest BCUT2D eigenvalue weighted by atomic mass is 10.1. The van der Waals surface area contributed by atoms with E-state index < -0.39 is 0 Å². The number of aromatic nitrogens is 2. The second kappa shape index (κ2) is 6.45. The van der Waals surface area contributed by atoms with Crippen LogP contribution in [0.3, 0.4) is 0 Å². The summed E-state index contributed by atoms with van der Waals surface area (Å²) in [5, 5.41) is 6.84. The molecule has 0 saturated carbocycles. The van der Waals surface area contributed by atoms with Crippen LogP contribution in [0.25, 0.3) is 5.65 Å². The maximum atomic E-state index is 11.7. The standard InChI is InChI=1S/C15H21ClN4O/c1-15(2,3)19-14(21)6-7-17-8-12-10-20-9-11(16)4-5-13(20)18-12/h4-5,9-10,17H,6-8H2,1-3H3,(H,19,21). The maximum Gasteiger partial charge on any atom is 0.221 e. The van der Waals surface area contributed by atoms with Gasteiger partial charge in [-0.1, -0.05) is 11.6 Å². The van der Waals surface area contributed by atoms with E-state index in [0.717, 1.165) is 11.3 Å². The highest BCUT2D eigenvalue weighted by atomic mass is 35.5. The summed E-state index contributed by atoms with van der Waals surface area (Å²) in [5.74, 6) is 0.0526. The summed E-state index contributed by atoms with van der Waals surface area (Å²) in [4.78, 5) is 16.1. The number of rotatable bonds is 5. The van der Waals surface area contributed by atoms with Crippen LogP contribution in [-0.2, 0) is 11.3 Å². The second-order valence-corrected chi connectivity index (χ2v) is 6.51. The van der Waals surface area contributed by atoms with Gasteiger partial charge in [-0.25, -0.2) is 4.98 Å². The quantitative estimate of drug-likeness (QED) is 0.834.